The fourth-order valence-corrected chi connectivity index (χ4v) is 15.3. The van der Waals surface area contributed by atoms with Crippen LogP contribution in [0.3, 0.4) is 0 Å². The highest BCUT2D eigenvalue weighted by Gasteiger charge is 2.73. The molecule has 0 radical (unpaired) electrons. The minimum Gasteiger partial charge on any atom is -0.465 e. The minimum absolute atomic E-state index is 0.0949. The molecule has 5 aliphatic heterocycles. The average Bonchev–Trinajstić information content (AvgIpc) is 4.03. The largest absolute Gasteiger partial charge is 0.465 e. The minimum atomic E-state index is -1.69. The van der Waals surface area contributed by atoms with E-state index in [1.165, 1.54) is 22.7 Å². The summed E-state index contributed by atoms with van der Waals surface area (Å²) in [4.78, 5) is 96.5. The number of nitrogens with two attached hydrogens (primary N) is 2. The third-order valence-corrected chi connectivity index (χ3v) is 17.4. The van der Waals surface area contributed by atoms with Crippen LogP contribution in [0.15, 0.2) is 35.0 Å². The number of imide groups is 2. The van der Waals surface area contributed by atoms with E-state index in [2.05, 4.69) is 84.2 Å². The molecule has 3 fully saturated rings. The Labute approximate surface area is 374 Å². The van der Waals surface area contributed by atoms with Crippen molar-refractivity contribution < 1.29 is 39.0 Å². The first-order chi connectivity index (χ1) is 29.5. The number of likely N-dealkylation sites (tertiary alicyclic amines) is 2. The van der Waals surface area contributed by atoms with Crippen LogP contribution >= 0.6 is 22.7 Å². The standard InChI is InChI=1S/C44H57N9O8S2/c1-23-18-27(26-10-8-16-51(26)43(33(56)49-37(58)59)35-47-28(21-62-35)40(43,5)19-31(45)54)53(25-14-12-24(13-15-25)39(2,3)4)42(23,7)30-11-9-17-52(30)44(34(57)50-38(60)61)36-48-29(22-63-36)41(44,6)20-32(46)55/h12-15,21-23,26-27,30H,8-11,16-20H2,1-7H3,(H2,45,54)(H2,46,55)(H,49,56)(H,50,57)(H,58,59)(H,60,61)/t23?,26?,27-,30?,40?,41?,42-,43-,44-/m0/s1. The fourth-order valence-electron chi connectivity index (χ4n) is 12.7. The van der Waals surface area contributed by atoms with Crippen molar-refractivity contribution in [2.45, 2.75) is 144 Å². The number of nitrogens with zero attached hydrogens (tertiary/aromatic N) is 5. The molecule has 9 atom stereocenters. The summed E-state index contributed by atoms with van der Waals surface area (Å²) in [5.74, 6) is -2.98. The number of carboxylic acid groups (broad SMARTS) is 2. The molecule has 63 heavy (non-hydrogen) atoms. The van der Waals surface area contributed by atoms with E-state index < -0.39 is 69.3 Å². The van der Waals surface area contributed by atoms with Crippen molar-refractivity contribution in [1.82, 2.24) is 30.4 Å². The first kappa shape index (κ1) is 44.6. The molecular formula is C44H57N9O8S2. The maximum atomic E-state index is 14.9. The summed E-state index contributed by atoms with van der Waals surface area (Å²) in [7, 11) is 0. The topological polar surface area (TPSA) is 254 Å². The van der Waals surface area contributed by atoms with Crippen LogP contribution in [0.4, 0.5) is 15.3 Å². The van der Waals surface area contributed by atoms with Crippen molar-refractivity contribution in [1.29, 1.82) is 0 Å². The van der Waals surface area contributed by atoms with Crippen molar-refractivity contribution in [3.05, 3.63) is 62.0 Å². The number of hydrogen-bond acceptors (Lipinski definition) is 13. The van der Waals surface area contributed by atoms with Gasteiger partial charge in [-0.1, -0.05) is 53.7 Å². The van der Waals surface area contributed by atoms with E-state index in [1.807, 2.05) is 0 Å². The summed E-state index contributed by atoms with van der Waals surface area (Å²) >= 11 is 2.51. The van der Waals surface area contributed by atoms with E-state index in [0.717, 1.165) is 11.3 Å². The van der Waals surface area contributed by atoms with E-state index in [-0.39, 0.29) is 36.3 Å². The lowest BCUT2D eigenvalue weighted by molar-refractivity contribution is -0.143. The summed E-state index contributed by atoms with van der Waals surface area (Å²) < 4.78 is 0. The van der Waals surface area contributed by atoms with Crippen molar-refractivity contribution >= 4 is 64.2 Å². The Morgan fingerprint density at radius 3 is 1.71 bits per heavy atom. The maximum absolute atomic E-state index is 14.9. The Balaban J connectivity index is 1.31. The zero-order valence-electron chi connectivity index (χ0n) is 36.7. The number of rotatable bonds is 11. The van der Waals surface area contributed by atoms with Gasteiger partial charge in [0.2, 0.25) is 11.8 Å². The number of aromatic nitrogens is 2. The average molecular weight is 904 g/mol. The van der Waals surface area contributed by atoms with Crippen LogP contribution in [0.1, 0.15) is 120 Å². The molecule has 1 aromatic carbocycles. The lowest BCUT2D eigenvalue weighted by atomic mass is 9.65. The summed E-state index contributed by atoms with van der Waals surface area (Å²) in [6, 6.07) is 7.36. The van der Waals surface area contributed by atoms with Gasteiger partial charge in [0, 0.05) is 60.5 Å². The first-order valence-corrected chi connectivity index (χ1v) is 23.3. The molecule has 5 aliphatic rings. The molecule has 6 amide bonds. The Hall–Kier alpha value is -4.98. The number of thiazole rings is 2. The number of fused-ring (bicyclic) bond motifs is 4. The second-order valence-corrected chi connectivity index (χ2v) is 21.5. The van der Waals surface area contributed by atoms with Crippen molar-refractivity contribution in [2.75, 3.05) is 18.0 Å². The zero-order chi connectivity index (χ0) is 45.8. The molecule has 19 heteroatoms. The third-order valence-electron chi connectivity index (χ3n) is 15.5. The summed E-state index contributed by atoms with van der Waals surface area (Å²) in [5, 5.41) is 28.8. The summed E-state index contributed by atoms with van der Waals surface area (Å²) in [5.41, 5.74) is 7.96. The van der Waals surface area contributed by atoms with E-state index in [1.54, 1.807) is 24.6 Å². The quantitative estimate of drug-likeness (QED) is 0.156. The smallest absolute Gasteiger partial charge is 0.411 e. The van der Waals surface area contributed by atoms with Crippen molar-refractivity contribution in [2.24, 2.45) is 17.4 Å². The van der Waals surface area contributed by atoms with Gasteiger partial charge in [0.15, 0.2) is 11.1 Å². The molecule has 7 heterocycles. The van der Waals surface area contributed by atoms with E-state index in [9.17, 15) is 39.0 Å². The van der Waals surface area contributed by atoms with Crippen LogP contribution in [0, 0.1) is 5.92 Å². The number of carbonyl (C=O) groups is 6. The number of primary amides is 2. The predicted octanol–water partition coefficient (Wildman–Crippen LogP) is 4.47. The molecule has 0 aliphatic carbocycles. The molecule has 3 saturated heterocycles. The second kappa shape index (κ2) is 15.1. The molecule has 17 nitrogen and oxygen atoms in total. The van der Waals surface area contributed by atoms with Crippen LogP contribution in [-0.2, 0) is 46.5 Å². The van der Waals surface area contributed by atoms with Crippen LogP contribution in [0.25, 0.3) is 0 Å². The van der Waals surface area contributed by atoms with Gasteiger partial charge in [-0.05, 0) is 68.1 Å². The lowest BCUT2D eigenvalue weighted by Gasteiger charge is -2.57. The monoisotopic (exact) mass is 903 g/mol. The Kier molecular flexibility index (Phi) is 10.7. The Morgan fingerprint density at radius 1 is 0.762 bits per heavy atom. The van der Waals surface area contributed by atoms with Gasteiger partial charge in [0.25, 0.3) is 11.8 Å². The van der Waals surface area contributed by atoms with Gasteiger partial charge in [0.1, 0.15) is 10.0 Å². The molecule has 2 aromatic heterocycles. The maximum Gasteiger partial charge on any atom is 0.411 e. The van der Waals surface area contributed by atoms with E-state index in [4.69, 9.17) is 21.4 Å². The molecule has 0 saturated carbocycles. The van der Waals surface area contributed by atoms with Gasteiger partial charge >= 0.3 is 12.2 Å². The molecule has 3 aromatic rings. The normalized spacial score (nSPS) is 33.8. The highest BCUT2D eigenvalue weighted by Crippen LogP contribution is 2.62. The molecular weight excluding hydrogens is 847 g/mol. The first-order valence-electron chi connectivity index (χ1n) is 21.5. The number of hydrogen-bond donors (Lipinski definition) is 6. The number of carbonyl (C=O) groups excluding carboxylic acids is 4. The molecule has 4 bridgehead atoms. The highest BCUT2D eigenvalue weighted by atomic mass is 32.1. The van der Waals surface area contributed by atoms with Gasteiger partial charge in [0.05, 0.1) is 27.8 Å². The number of anilines is 1. The second-order valence-electron chi connectivity index (χ2n) is 19.8. The van der Waals surface area contributed by atoms with Crippen LogP contribution in [-0.4, -0.2) is 103 Å². The predicted molar refractivity (Wildman–Crippen MR) is 235 cm³/mol. The Morgan fingerprint density at radius 2 is 1.24 bits per heavy atom. The highest BCUT2D eigenvalue weighted by molar-refractivity contribution is 7.10. The van der Waals surface area contributed by atoms with Gasteiger partial charge in [-0.15, -0.1) is 22.7 Å². The number of amides is 6. The molecule has 0 spiro atoms. The van der Waals surface area contributed by atoms with Crippen molar-refractivity contribution in [3.8, 4) is 0 Å². The molecule has 8 N–H and O–H groups in total. The number of nitrogens with one attached hydrogen (secondary N) is 2. The van der Waals surface area contributed by atoms with Crippen LogP contribution in [0.2, 0.25) is 0 Å². The Bertz CT molecular complexity index is 2400. The lowest BCUT2D eigenvalue weighted by Crippen LogP contribution is -2.72. The van der Waals surface area contributed by atoms with E-state index >= 15 is 0 Å². The van der Waals surface area contributed by atoms with Gasteiger partial charge in [-0.2, -0.15) is 0 Å². The number of benzene rings is 1. The third kappa shape index (κ3) is 6.19. The summed E-state index contributed by atoms with van der Waals surface area (Å²) in [6.07, 6.45) is -0.361. The fraction of sp³-hybridized carbons (Fsp3) is 0.591. The molecule has 5 unspecified atom stereocenters. The van der Waals surface area contributed by atoms with Gasteiger partial charge in [-0.3, -0.25) is 39.6 Å². The molecule has 338 valence electrons. The van der Waals surface area contributed by atoms with Crippen LogP contribution in [0.5, 0.6) is 0 Å². The van der Waals surface area contributed by atoms with Gasteiger partial charge in [-0.25, -0.2) is 19.6 Å². The van der Waals surface area contributed by atoms with Crippen molar-refractivity contribution in [3.63, 3.8) is 0 Å². The molecule has 8 rings (SSSR count). The van der Waals surface area contributed by atoms with Crippen LogP contribution < -0.4 is 27.0 Å². The zero-order valence-corrected chi connectivity index (χ0v) is 38.3. The van der Waals surface area contributed by atoms with Gasteiger partial charge < -0.3 is 26.6 Å². The summed E-state index contributed by atoms with van der Waals surface area (Å²) in [6.45, 7) is 15.2. The van der Waals surface area contributed by atoms with E-state index in [0.29, 0.717) is 66.6 Å². The SMILES string of the molecule is CC1C[C@@H](C2CCCN2[C@@]2(C(=O)NC(=O)O)c3nc(cs3)C2(C)CC(N)=O)N(c2ccc(C(C)(C)C)cc2)[C@]1(C)C1CCCN1[C@@]1(C(=O)NC(=O)O)c2nc(cs2)C1(C)CC(N)=O.